The summed E-state index contributed by atoms with van der Waals surface area (Å²) in [6.07, 6.45) is -7.17. The second-order valence-corrected chi connectivity index (χ2v) is 4.30. The van der Waals surface area contributed by atoms with Crippen LogP contribution in [0.25, 0.3) is 0 Å². The van der Waals surface area contributed by atoms with Gasteiger partial charge in [-0.1, -0.05) is 0 Å². The van der Waals surface area contributed by atoms with Gasteiger partial charge in [-0.05, 0) is 38.5 Å². The van der Waals surface area contributed by atoms with Crippen LogP contribution >= 0.6 is 38.5 Å². The molecule has 0 fully saturated rings. The van der Waals surface area contributed by atoms with Gasteiger partial charge in [-0.2, -0.15) is 13.2 Å². The summed E-state index contributed by atoms with van der Waals surface area (Å²) in [5, 5.41) is 0. The Kier molecular flexibility index (Phi) is 3.90. The van der Waals surface area contributed by atoms with Crippen molar-refractivity contribution in [2.24, 2.45) is 0 Å². The molecule has 0 aliphatic heterocycles. The molecule has 1 nitrogen and oxygen atoms in total. The summed E-state index contributed by atoms with van der Waals surface area (Å²) in [7, 11) is 0. The highest BCUT2D eigenvalue weighted by Crippen LogP contribution is 2.40. The molecule has 0 saturated heterocycles. The van der Waals surface area contributed by atoms with Crippen molar-refractivity contribution in [3.05, 3.63) is 25.5 Å². The molecule has 84 valence electrons. The molecule has 1 heterocycles. The molecular weight excluding hydrogens is 400 g/mol. The summed E-state index contributed by atoms with van der Waals surface area (Å²) in [5.74, 6) is 0. The molecule has 0 saturated carbocycles. The van der Waals surface area contributed by atoms with Crippen LogP contribution in [-0.2, 0) is 6.18 Å². The van der Waals surface area contributed by atoms with E-state index < -0.39 is 28.2 Å². The number of aromatic nitrogens is 1. The van der Waals surface area contributed by atoms with Crippen LogP contribution < -0.4 is 0 Å². The standard InChI is InChI=1S/C7H2BrF5IN/c8-4-2(7(11,12)13)1-15-6(14)3(4)5(9)10/h1,5H. The zero-order valence-electron chi connectivity index (χ0n) is 6.75. The molecule has 0 radical (unpaired) electrons. The maximum Gasteiger partial charge on any atom is 0.418 e. The SMILES string of the molecule is FC(F)c1c(I)ncc(C(F)(F)F)c1Br. The maximum atomic E-state index is 12.4. The molecule has 0 bridgehead atoms. The summed E-state index contributed by atoms with van der Waals surface area (Å²) in [6, 6.07) is 0. The number of nitrogens with zero attached hydrogens (tertiary/aromatic N) is 1. The third-order valence-corrected chi connectivity index (χ3v) is 3.24. The largest absolute Gasteiger partial charge is 0.418 e. The minimum absolute atomic E-state index is 0.150. The van der Waals surface area contributed by atoms with Gasteiger partial charge in [0.05, 0.1) is 11.1 Å². The lowest BCUT2D eigenvalue weighted by atomic mass is 10.2. The molecule has 1 rings (SSSR count). The van der Waals surface area contributed by atoms with E-state index in [1.807, 2.05) is 0 Å². The van der Waals surface area contributed by atoms with E-state index in [9.17, 15) is 22.0 Å². The topological polar surface area (TPSA) is 12.9 Å². The van der Waals surface area contributed by atoms with Crippen LogP contribution in [0.4, 0.5) is 22.0 Å². The van der Waals surface area contributed by atoms with Gasteiger partial charge in [0, 0.05) is 10.7 Å². The summed E-state index contributed by atoms with van der Waals surface area (Å²) in [5.41, 5.74) is -1.93. The quantitative estimate of drug-likeness (QED) is 0.386. The number of alkyl halides is 5. The van der Waals surface area contributed by atoms with E-state index in [0.29, 0.717) is 6.20 Å². The van der Waals surface area contributed by atoms with Crippen molar-refractivity contribution in [2.45, 2.75) is 12.6 Å². The molecule has 0 aliphatic rings. The highest BCUT2D eigenvalue weighted by Gasteiger charge is 2.36. The highest BCUT2D eigenvalue weighted by atomic mass is 127. The Morgan fingerprint density at radius 2 is 1.87 bits per heavy atom. The summed E-state index contributed by atoms with van der Waals surface area (Å²) < 4.78 is 60.9. The van der Waals surface area contributed by atoms with Crippen LogP contribution in [0.2, 0.25) is 0 Å². The lowest BCUT2D eigenvalue weighted by Crippen LogP contribution is -2.10. The van der Waals surface area contributed by atoms with Crippen LogP contribution in [0.3, 0.4) is 0 Å². The van der Waals surface area contributed by atoms with Gasteiger partial charge in [-0.3, -0.25) is 0 Å². The molecule has 0 N–H and O–H groups in total. The highest BCUT2D eigenvalue weighted by molar-refractivity contribution is 14.1. The minimum Gasteiger partial charge on any atom is -0.249 e. The zero-order valence-corrected chi connectivity index (χ0v) is 10.5. The molecule has 8 heteroatoms. The second kappa shape index (κ2) is 4.48. The van der Waals surface area contributed by atoms with E-state index in [1.165, 1.54) is 22.6 Å². The lowest BCUT2D eigenvalue weighted by Gasteiger charge is -2.12. The number of hydrogen-bond acceptors (Lipinski definition) is 1. The first kappa shape index (κ1) is 13.1. The van der Waals surface area contributed by atoms with Crippen LogP contribution in [0.1, 0.15) is 17.6 Å². The Balaban J connectivity index is 3.42. The third-order valence-electron chi connectivity index (χ3n) is 1.53. The molecule has 0 spiro atoms. The van der Waals surface area contributed by atoms with E-state index in [0.717, 1.165) is 0 Å². The predicted octanol–water partition coefficient (Wildman–Crippen LogP) is 4.41. The first-order valence-corrected chi connectivity index (χ1v) is 5.31. The van der Waals surface area contributed by atoms with Gasteiger partial charge in [-0.25, -0.2) is 13.8 Å². The smallest absolute Gasteiger partial charge is 0.249 e. The Labute approximate surface area is 103 Å². The summed E-state index contributed by atoms with van der Waals surface area (Å²) in [6.45, 7) is 0. The summed E-state index contributed by atoms with van der Waals surface area (Å²) in [4.78, 5) is 3.28. The minimum atomic E-state index is -4.69. The van der Waals surface area contributed by atoms with E-state index in [-0.39, 0.29) is 3.70 Å². The van der Waals surface area contributed by atoms with Gasteiger partial charge in [0.25, 0.3) is 6.43 Å². The van der Waals surface area contributed by atoms with Gasteiger partial charge in [0.15, 0.2) is 0 Å². The van der Waals surface area contributed by atoms with Gasteiger partial charge in [-0.15, -0.1) is 0 Å². The number of pyridine rings is 1. The first-order valence-electron chi connectivity index (χ1n) is 3.44. The van der Waals surface area contributed by atoms with E-state index in [1.54, 1.807) is 0 Å². The summed E-state index contributed by atoms with van der Waals surface area (Å²) >= 11 is 3.98. The van der Waals surface area contributed by atoms with Crippen molar-refractivity contribution in [3.63, 3.8) is 0 Å². The average Bonchev–Trinajstić information content (AvgIpc) is 2.00. The van der Waals surface area contributed by atoms with Crippen LogP contribution in [0.5, 0.6) is 0 Å². The lowest BCUT2D eigenvalue weighted by molar-refractivity contribution is -0.138. The van der Waals surface area contributed by atoms with Crippen molar-refractivity contribution < 1.29 is 22.0 Å². The fraction of sp³-hybridized carbons (Fsp3) is 0.286. The third kappa shape index (κ3) is 2.77. The van der Waals surface area contributed by atoms with Crippen molar-refractivity contribution in [2.75, 3.05) is 0 Å². The molecule has 0 aromatic carbocycles. The maximum absolute atomic E-state index is 12.4. The average molecular weight is 402 g/mol. The van der Waals surface area contributed by atoms with Crippen molar-refractivity contribution in [3.8, 4) is 0 Å². The molecule has 0 unspecified atom stereocenters. The van der Waals surface area contributed by atoms with E-state index in [4.69, 9.17) is 0 Å². The molecule has 1 aromatic rings. The Hall–Kier alpha value is 0.01000. The molecule has 0 atom stereocenters. The Morgan fingerprint density at radius 1 is 1.33 bits per heavy atom. The molecular formula is C7H2BrF5IN. The predicted molar refractivity (Wildman–Crippen MR) is 54.6 cm³/mol. The Morgan fingerprint density at radius 3 is 2.27 bits per heavy atom. The van der Waals surface area contributed by atoms with Crippen molar-refractivity contribution in [1.29, 1.82) is 0 Å². The van der Waals surface area contributed by atoms with Gasteiger partial charge in [0.2, 0.25) is 0 Å². The van der Waals surface area contributed by atoms with Crippen molar-refractivity contribution >= 4 is 38.5 Å². The van der Waals surface area contributed by atoms with Crippen LogP contribution in [0, 0.1) is 3.70 Å². The van der Waals surface area contributed by atoms with E-state index in [2.05, 4.69) is 20.9 Å². The fourth-order valence-corrected chi connectivity index (χ4v) is 2.57. The fourth-order valence-electron chi connectivity index (χ4n) is 0.867. The first-order chi connectivity index (χ1) is 6.75. The molecule has 1 aromatic heterocycles. The van der Waals surface area contributed by atoms with E-state index >= 15 is 0 Å². The number of halogens is 7. The molecule has 0 aliphatic carbocycles. The van der Waals surface area contributed by atoms with Gasteiger partial charge in [0.1, 0.15) is 3.70 Å². The number of rotatable bonds is 1. The van der Waals surface area contributed by atoms with Gasteiger partial charge < -0.3 is 0 Å². The zero-order chi connectivity index (χ0) is 11.8. The Bertz CT molecular complexity index is 378. The number of hydrogen-bond donors (Lipinski definition) is 0. The monoisotopic (exact) mass is 401 g/mol. The van der Waals surface area contributed by atoms with Crippen LogP contribution in [0.15, 0.2) is 10.7 Å². The normalized spacial score (nSPS) is 12.3. The van der Waals surface area contributed by atoms with Crippen LogP contribution in [-0.4, -0.2) is 4.98 Å². The van der Waals surface area contributed by atoms with Crippen molar-refractivity contribution in [1.82, 2.24) is 4.98 Å². The van der Waals surface area contributed by atoms with Gasteiger partial charge >= 0.3 is 6.18 Å². The second-order valence-electron chi connectivity index (χ2n) is 2.49. The molecule has 0 amide bonds. The molecule has 15 heavy (non-hydrogen) atoms.